The minimum atomic E-state index is -0.0240. The van der Waals surface area contributed by atoms with Gasteiger partial charge in [-0.25, -0.2) is 0 Å². The first-order valence-electron chi connectivity index (χ1n) is 7.06. The van der Waals surface area contributed by atoms with Gasteiger partial charge in [-0.2, -0.15) is 0 Å². The minimum absolute atomic E-state index is 0.0240. The highest BCUT2D eigenvalue weighted by molar-refractivity contribution is 5.72. The summed E-state index contributed by atoms with van der Waals surface area (Å²) in [5, 5.41) is 2.89. The third-order valence-corrected chi connectivity index (χ3v) is 3.38. The summed E-state index contributed by atoms with van der Waals surface area (Å²) in [5.74, 6) is -0.0240. The fourth-order valence-corrected chi connectivity index (χ4v) is 2.28. The molecular weight excluding hydrogens is 262 g/mol. The van der Waals surface area contributed by atoms with Crippen molar-refractivity contribution in [1.82, 2.24) is 15.2 Å². The van der Waals surface area contributed by atoms with Crippen molar-refractivity contribution < 1.29 is 4.79 Å². The molecule has 1 N–H and O–H groups in total. The maximum atomic E-state index is 11.2. The summed E-state index contributed by atoms with van der Waals surface area (Å²) < 4.78 is 0. The molecule has 0 aliphatic heterocycles. The highest BCUT2D eigenvalue weighted by Gasteiger charge is 2.18. The number of aromatic nitrogens is 1. The van der Waals surface area contributed by atoms with Gasteiger partial charge in [0.15, 0.2) is 0 Å². The third kappa shape index (κ3) is 4.68. The Hall–Kier alpha value is -2.20. The van der Waals surface area contributed by atoms with Gasteiger partial charge in [0.2, 0.25) is 5.91 Å². The quantitative estimate of drug-likeness (QED) is 0.885. The van der Waals surface area contributed by atoms with Crippen molar-refractivity contribution >= 4 is 5.91 Å². The highest BCUT2D eigenvalue weighted by Crippen LogP contribution is 2.18. The second-order valence-corrected chi connectivity index (χ2v) is 5.11. The van der Waals surface area contributed by atoms with E-state index < -0.39 is 0 Å². The van der Waals surface area contributed by atoms with Gasteiger partial charge in [-0.05, 0) is 24.7 Å². The van der Waals surface area contributed by atoms with Crippen LogP contribution in [0.1, 0.15) is 24.2 Å². The molecule has 0 saturated heterocycles. The summed E-state index contributed by atoms with van der Waals surface area (Å²) in [6.07, 6.45) is 1.78. The molecule has 0 saturated carbocycles. The maximum absolute atomic E-state index is 11.2. The van der Waals surface area contributed by atoms with Gasteiger partial charge in [0.05, 0.1) is 11.7 Å². The molecule has 1 unspecified atom stereocenters. The van der Waals surface area contributed by atoms with Gasteiger partial charge in [0.25, 0.3) is 0 Å². The number of likely N-dealkylation sites (N-methyl/N-ethyl adjacent to an activating group) is 1. The van der Waals surface area contributed by atoms with Gasteiger partial charge in [0, 0.05) is 26.2 Å². The van der Waals surface area contributed by atoms with E-state index in [-0.39, 0.29) is 11.9 Å². The lowest BCUT2D eigenvalue weighted by molar-refractivity contribution is -0.119. The first-order valence-corrected chi connectivity index (χ1v) is 7.06. The minimum Gasteiger partial charge on any atom is -0.354 e. The number of carbonyl (C=O) groups excluding carboxylic acids is 1. The lowest BCUT2D eigenvalue weighted by atomic mass is 10.1. The number of rotatable bonds is 6. The molecule has 21 heavy (non-hydrogen) atoms. The summed E-state index contributed by atoms with van der Waals surface area (Å²) in [5.41, 5.74) is 2.20. The Balaban J connectivity index is 2.12. The van der Waals surface area contributed by atoms with E-state index in [9.17, 15) is 4.79 Å². The normalized spacial score (nSPS) is 12.1. The summed E-state index contributed by atoms with van der Waals surface area (Å²) >= 11 is 0. The lowest BCUT2D eigenvalue weighted by Gasteiger charge is -2.28. The molecule has 1 atom stereocenters. The van der Waals surface area contributed by atoms with Gasteiger partial charge >= 0.3 is 0 Å². The van der Waals surface area contributed by atoms with E-state index in [1.165, 1.54) is 12.5 Å². The van der Waals surface area contributed by atoms with Crippen LogP contribution < -0.4 is 5.32 Å². The highest BCUT2D eigenvalue weighted by atomic mass is 16.1. The van der Waals surface area contributed by atoms with Crippen molar-refractivity contribution in [2.24, 2.45) is 0 Å². The van der Waals surface area contributed by atoms with Crippen LogP contribution in [-0.4, -0.2) is 29.4 Å². The molecular formula is C17H21N3O. The molecule has 4 nitrogen and oxygen atoms in total. The van der Waals surface area contributed by atoms with Crippen LogP contribution in [0.5, 0.6) is 0 Å². The van der Waals surface area contributed by atoms with Crippen LogP contribution in [0.4, 0.5) is 0 Å². The molecule has 0 aliphatic rings. The Labute approximate surface area is 125 Å². The van der Waals surface area contributed by atoms with Crippen molar-refractivity contribution in [2.45, 2.75) is 19.5 Å². The molecule has 4 heteroatoms. The standard InChI is InChI=1S/C17H21N3O/c1-14(21)19-12-17(16-10-6-7-11-18-16)20(2)13-15-8-4-3-5-9-15/h3-11,17H,12-13H2,1-2H3,(H,19,21). The average molecular weight is 283 g/mol. The van der Waals surface area contributed by atoms with E-state index in [1.807, 2.05) is 43.4 Å². The Morgan fingerprint density at radius 3 is 2.52 bits per heavy atom. The SMILES string of the molecule is CC(=O)NCC(c1ccccn1)N(C)Cc1ccccc1. The summed E-state index contributed by atoms with van der Waals surface area (Å²) in [4.78, 5) is 17.8. The van der Waals surface area contributed by atoms with Crippen LogP contribution in [-0.2, 0) is 11.3 Å². The van der Waals surface area contributed by atoms with Crippen molar-refractivity contribution in [1.29, 1.82) is 0 Å². The first-order chi connectivity index (χ1) is 10.2. The van der Waals surface area contributed by atoms with Crippen LogP contribution in [0.25, 0.3) is 0 Å². The molecule has 1 aromatic carbocycles. The lowest BCUT2D eigenvalue weighted by Crippen LogP contribution is -2.35. The molecule has 1 amide bonds. The van der Waals surface area contributed by atoms with E-state index >= 15 is 0 Å². The number of hydrogen-bond donors (Lipinski definition) is 1. The Bertz CT molecular complexity index is 557. The molecule has 0 fully saturated rings. The largest absolute Gasteiger partial charge is 0.354 e. The summed E-state index contributed by atoms with van der Waals surface area (Å²) in [7, 11) is 2.05. The predicted molar refractivity (Wildman–Crippen MR) is 83.6 cm³/mol. The molecule has 1 heterocycles. The fourth-order valence-electron chi connectivity index (χ4n) is 2.28. The Kier molecular flexibility index (Phi) is 5.46. The number of hydrogen-bond acceptors (Lipinski definition) is 3. The molecule has 1 aromatic heterocycles. The molecule has 0 bridgehead atoms. The van der Waals surface area contributed by atoms with Gasteiger partial charge in [-0.3, -0.25) is 14.7 Å². The van der Waals surface area contributed by atoms with E-state index in [0.717, 1.165) is 12.2 Å². The van der Waals surface area contributed by atoms with Gasteiger partial charge in [-0.1, -0.05) is 36.4 Å². The Morgan fingerprint density at radius 2 is 1.90 bits per heavy atom. The van der Waals surface area contributed by atoms with Gasteiger partial charge in [-0.15, -0.1) is 0 Å². The summed E-state index contributed by atoms with van der Waals surface area (Å²) in [6.45, 7) is 2.89. The number of benzene rings is 1. The number of nitrogens with one attached hydrogen (secondary N) is 1. The molecule has 0 spiro atoms. The van der Waals surface area contributed by atoms with E-state index in [2.05, 4.69) is 27.3 Å². The van der Waals surface area contributed by atoms with Gasteiger partial charge < -0.3 is 5.32 Å². The van der Waals surface area contributed by atoms with Crippen molar-refractivity contribution in [2.75, 3.05) is 13.6 Å². The molecule has 2 aromatic rings. The van der Waals surface area contributed by atoms with Crippen LogP contribution >= 0.6 is 0 Å². The molecule has 0 aliphatic carbocycles. The second kappa shape index (κ2) is 7.55. The van der Waals surface area contributed by atoms with E-state index in [4.69, 9.17) is 0 Å². The zero-order chi connectivity index (χ0) is 15.1. The van der Waals surface area contributed by atoms with E-state index in [0.29, 0.717) is 6.54 Å². The maximum Gasteiger partial charge on any atom is 0.216 e. The number of nitrogens with zero attached hydrogens (tertiary/aromatic N) is 2. The zero-order valence-corrected chi connectivity index (χ0v) is 12.5. The second-order valence-electron chi connectivity index (χ2n) is 5.11. The number of carbonyl (C=O) groups is 1. The van der Waals surface area contributed by atoms with Crippen molar-refractivity contribution in [3.8, 4) is 0 Å². The van der Waals surface area contributed by atoms with Crippen LogP contribution in [0, 0.1) is 0 Å². The van der Waals surface area contributed by atoms with Crippen molar-refractivity contribution in [3.05, 3.63) is 66.0 Å². The van der Waals surface area contributed by atoms with Crippen molar-refractivity contribution in [3.63, 3.8) is 0 Å². The predicted octanol–water partition coefficient (Wildman–Crippen LogP) is 2.39. The number of amides is 1. The summed E-state index contributed by atoms with van der Waals surface area (Å²) in [6, 6.07) is 16.2. The topological polar surface area (TPSA) is 45.2 Å². The molecule has 2 rings (SSSR count). The van der Waals surface area contributed by atoms with E-state index in [1.54, 1.807) is 6.20 Å². The van der Waals surface area contributed by atoms with Crippen LogP contribution in [0.3, 0.4) is 0 Å². The first kappa shape index (κ1) is 15.2. The zero-order valence-electron chi connectivity index (χ0n) is 12.5. The van der Waals surface area contributed by atoms with Crippen LogP contribution in [0.15, 0.2) is 54.7 Å². The third-order valence-electron chi connectivity index (χ3n) is 3.38. The van der Waals surface area contributed by atoms with Gasteiger partial charge in [0.1, 0.15) is 0 Å². The number of pyridine rings is 1. The fraction of sp³-hybridized carbons (Fsp3) is 0.294. The monoisotopic (exact) mass is 283 g/mol. The van der Waals surface area contributed by atoms with Crippen LogP contribution in [0.2, 0.25) is 0 Å². The smallest absolute Gasteiger partial charge is 0.216 e. The molecule has 110 valence electrons. The Morgan fingerprint density at radius 1 is 1.19 bits per heavy atom. The average Bonchev–Trinajstić information content (AvgIpc) is 2.49. The molecule has 0 radical (unpaired) electrons.